The maximum atomic E-state index is 6.13. The molecule has 2 nitrogen and oxygen atoms in total. The second-order valence-electron chi connectivity index (χ2n) is 5.31. The number of halogens is 1. The van der Waals surface area contributed by atoms with Gasteiger partial charge in [0.05, 0.1) is 0 Å². The Morgan fingerprint density at radius 1 is 1.33 bits per heavy atom. The van der Waals surface area contributed by atoms with E-state index in [0.29, 0.717) is 6.04 Å². The molecule has 1 atom stereocenters. The average molecular weight is 267 g/mol. The van der Waals surface area contributed by atoms with Gasteiger partial charge in [0.1, 0.15) is 0 Å². The van der Waals surface area contributed by atoms with Gasteiger partial charge in [0.15, 0.2) is 0 Å². The number of benzene rings is 1. The Labute approximate surface area is 115 Å². The maximum absolute atomic E-state index is 6.13. The third-order valence-corrected chi connectivity index (χ3v) is 4.16. The van der Waals surface area contributed by atoms with Gasteiger partial charge >= 0.3 is 0 Å². The van der Waals surface area contributed by atoms with Gasteiger partial charge in [0, 0.05) is 24.2 Å². The highest BCUT2D eigenvalue weighted by Crippen LogP contribution is 2.18. The molecule has 1 aliphatic heterocycles. The average Bonchev–Trinajstić information content (AvgIpc) is 2.84. The van der Waals surface area contributed by atoms with Crippen LogP contribution in [0.1, 0.15) is 30.9 Å². The number of hydrogen-bond acceptors (Lipinski definition) is 2. The minimum Gasteiger partial charge on any atom is -0.309 e. The summed E-state index contributed by atoms with van der Waals surface area (Å²) >= 11 is 6.13. The first-order valence-corrected chi connectivity index (χ1v) is 7.24. The van der Waals surface area contributed by atoms with Crippen molar-refractivity contribution in [2.45, 2.75) is 39.3 Å². The van der Waals surface area contributed by atoms with Crippen molar-refractivity contribution in [1.29, 1.82) is 0 Å². The molecule has 0 saturated carbocycles. The van der Waals surface area contributed by atoms with Crippen molar-refractivity contribution in [3.05, 3.63) is 34.3 Å². The molecule has 1 N–H and O–H groups in total. The Hall–Kier alpha value is -0.570. The van der Waals surface area contributed by atoms with E-state index in [-0.39, 0.29) is 0 Å². The second-order valence-corrected chi connectivity index (χ2v) is 5.72. The SMILES string of the molecule is Cc1c(Cl)cccc1CNC(C)CN1CCCC1. The second kappa shape index (κ2) is 6.55. The largest absolute Gasteiger partial charge is 0.309 e. The lowest BCUT2D eigenvalue weighted by Crippen LogP contribution is -2.37. The molecule has 1 saturated heterocycles. The molecule has 0 spiro atoms. The van der Waals surface area contributed by atoms with E-state index in [1.165, 1.54) is 37.1 Å². The van der Waals surface area contributed by atoms with E-state index < -0.39 is 0 Å². The van der Waals surface area contributed by atoms with E-state index >= 15 is 0 Å². The zero-order valence-electron chi connectivity index (χ0n) is 11.4. The first kappa shape index (κ1) is 13.9. The van der Waals surface area contributed by atoms with Crippen LogP contribution in [0.2, 0.25) is 5.02 Å². The molecule has 3 heteroatoms. The van der Waals surface area contributed by atoms with Crippen molar-refractivity contribution < 1.29 is 0 Å². The number of hydrogen-bond donors (Lipinski definition) is 1. The molecule has 0 aromatic heterocycles. The summed E-state index contributed by atoms with van der Waals surface area (Å²) in [5.74, 6) is 0. The van der Waals surface area contributed by atoms with Crippen molar-refractivity contribution in [2.24, 2.45) is 0 Å². The van der Waals surface area contributed by atoms with Gasteiger partial charge in [0.2, 0.25) is 0 Å². The molecule has 0 amide bonds. The van der Waals surface area contributed by atoms with Gasteiger partial charge in [-0.3, -0.25) is 0 Å². The van der Waals surface area contributed by atoms with Gasteiger partial charge in [-0.2, -0.15) is 0 Å². The summed E-state index contributed by atoms with van der Waals surface area (Å²) in [5, 5.41) is 4.46. The molecular formula is C15H23ClN2. The standard InChI is InChI=1S/C15H23ClN2/c1-12(11-18-8-3-4-9-18)17-10-14-6-5-7-15(16)13(14)2/h5-7,12,17H,3-4,8-11H2,1-2H3. The minimum atomic E-state index is 0.529. The van der Waals surface area contributed by atoms with Crippen LogP contribution in [0.3, 0.4) is 0 Å². The Bertz CT molecular complexity index is 386. The topological polar surface area (TPSA) is 15.3 Å². The van der Waals surface area contributed by atoms with Crippen molar-refractivity contribution in [2.75, 3.05) is 19.6 Å². The lowest BCUT2D eigenvalue weighted by Gasteiger charge is -2.21. The van der Waals surface area contributed by atoms with Crippen LogP contribution >= 0.6 is 11.6 Å². The highest BCUT2D eigenvalue weighted by atomic mass is 35.5. The summed E-state index contributed by atoms with van der Waals surface area (Å²) in [5.41, 5.74) is 2.50. The summed E-state index contributed by atoms with van der Waals surface area (Å²) in [6.45, 7) is 8.94. The molecule has 1 aromatic carbocycles. The van der Waals surface area contributed by atoms with Crippen LogP contribution in [0, 0.1) is 6.92 Å². The van der Waals surface area contributed by atoms with Crippen molar-refractivity contribution in [3.63, 3.8) is 0 Å². The fourth-order valence-electron chi connectivity index (χ4n) is 2.54. The Morgan fingerprint density at radius 2 is 2.06 bits per heavy atom. The van der Waals surface area contributed by atoms with E-state index in [1.54, 1.807) is 0 Å². The zero-order chi connectivity index (χ0) is 13.0. The number of nitrogens with zero attached hydrogens (tertiary/aromatic N) is 1. The van der Waals surface area contributed by atoms with Gasteiger partial charge in [-0.25, -0.2) is 0 Å². The summed E-state index contributed by atoms with van der Waals surface area (Å²) in [6, 6.07) is 6.66. The number of rotatable bonds is 5. The molecule has 18 heavy (non-hydrogen) atoms. The van der Waals surface area contributed by atoms with E-state index in [9.17, 15) is 0 Å². The third kappa shape index (κ3) is 3.71. The Morgan fingerprint density at radius 3 is 2.78 bits per heavy atom. The summed E-state index contributed by atoms with van der Waals surface area (Å²) in [4.78, 5) is 2.54. The van der Waals surface area contributed by atoms with Gasteiger partial charge in [-0.15, -0.1) is 0 Å². The van der Waals surface area contributed by atoms with Gasteiger partial charge < -0.3 is 10.2 Å². The third-order valence-electron chi connectivity index (χ3n) is 3.75. The molecule has 1 heterocycles. The molecule has 1 fully saturated rings. The normalized spacial score (nSPS) is 18.2. The predicted molar refractivity (Wildman–Crippen MR) is 78.2 cm³/mol. The van der Waals surface area contributed by atoms with Crippen LogP contribution in [-0.2, 0) is 6.54 Å². The molecule has 0 bridgehead atoms. The van der Waals surface area contributed by atoms with E-state index in [0.717, 1.165) is 18.1 Å². The molecule has 1 aliphatic rings. The predicted octanol–water partition coefficient (Wildman–Crippen LogP) is 3.22. The van der Waals surface area contributed by atoms with Crippen LogP contribution in [0.5, 0.6) is 0 Å². The van der Waals surface area contributed by atoms with E-state index in [1.807, 2.05) is 12.1 Å². The molecule has 1 aromatic rings. The fraction of sp³-hybridized carbons (Fsp3) is 0.600. The molecule has 1 unspecified atom stereocenters. The van der Waals surface area contributed by atoms with Gasteiger partial charge in [-0.1, -0.05) is 23.7 Å². The molecule has 0 aliphatic carbocycles. The zero-order valence-corrected chi connectivity index (χ0v) is 12.1. The van der Waals surface area contributed by atoms with E-state index in [2.05, 4.69) is 30.1 Å². The van der Waals surface area contributed by atoms with Crippen LogP contribution in [-0.4, -0.2) is 30.6 Å². The van der Waals surface area contributed by atoms with Gasteiger partial charge in [0.25, 0.3) is 0 Å². The summed E-state index contributed by atoms with van der Waals surface area (Å²) in [7, 11) is 0. The lowest BCUT2D eigenvalue weighted by atomic mass is 10.1. The molecular weight excluding hydrogens is 244 g/mol. The first-order valence-electron chi connectivity index (χ1n) is 6.86. The van der Waals surface area contributed by atoms with Crippen LogP contribution in [0.15, 0.2) is 18.2 Å². The van der Waals surface area contributed by atoms with Gasteiger partial charge in [-0.05, 0) is 57.0 Å². The lowest BCUT2D eigenvalue weighted by molar-refractivity contribution is 0.298. The number of likely N-dealkylation sites (tertiary alicyclic amines) is 1. The van der Waals surface area contributed by atoms with Crippen molar-refractivity contribution >= 4 is 11.6 Å². The summed E-state index contributed by atoms with van der Waals surface area (Å²) < 4.78 is 0. The smallest absolute Gasteiger partial charge is 0.0438 e. The number of nitrogens with one attached hydrogen (secondary N) is 1. The Balaban J connectivity index is 1.81. The summed E-state index contributed by atoms with van der Waals surface area (Å²) in [6.07, 6.45) is 2.72. The van der Waals surface area contributed by atoms with Crippen LogP contribution in [0.25, 0.3) is 0 Å². The fourth-order valence-corrected chi connectivity index (χ4v) is 2.74. The monoisotopic (exact) mass is 266 g/mol. The minimum absolute atomic E-state index is 0.529. The van der Waals surface area contributed by atoms with Crippen LogP contribution in [0.4, 0.5) is 0 Å². The Kier molecular flexibility index (Phi) is 5.04. The first-order chi connectivity index (χ1) is 8.66. The highest BCUT2D eigenvalue weighted by molar-refractivity contribution is 6.31. The quantitative estimate of drug-likeness (QED) is 0.880. The van der Waals surface area contributed by atoms with Crippen molar-refractivity contribution in [3.8, 4) is 0 Å². The molecule has 0 radical (unpaired) electrons. The maximum Gasteiger partial charge on any atom is 0.0438 e. The van der Waals surface area contributed by atoms with Crippen LogP contribution < -0.4 is 5.32 Å². The van der Waals surface area contributed by atoms with E-state index in [4.69, 9.17) is 11.6 Å². The highest BCUT2D eigenvalue weighted by Gasteiger charge is 2.14. The molecule has 2 rings (SSSR count). The molecule has 100 valence electrons. The van der Waals surface area contributed by atoms with Crippen molar-refractivity contribution in [1.82, 2.24) is 10.2 Å².